The van der Waals surface area contributed by atoms with Gasteiger partial charge in [0.2, 0.25) is 10.0 Å². The highest BCUT2D eigenvalue weighted by Crippen LogP contribution is 2.21. The smallest absolute Gasteiger partial charge is 0.387 e. The number of nitrogens with zero attached hydrogens (tertiary/aromatic N) is 1. The number of hydrogen-bond donors (Lipinski definition) is 1. The number of morpholine rings is 1. The molecule has 1 atom stereocenters. The van der Waals surface area contributed by atoms with Crippen molar-refractivity contribution < 1.29 is 31.5 Å². The summed E-state index contributed by atoms with van der Waals surface area (Å²) in [6.07, 6.45) is 0. The van der Waals surface area contributed by atoms with Gasteiger partial charge in [0.1, 0.15) is 5.75 Å². The third kappa shape index (κ3) is 5.32. The number of halogens is 2. The second-order valence-electron chi connectivity index (χ2n) is 6.69. The molecule has 3 rings (SSSR count). The molecular formula is C20H22F2N2O5S. The van der Waals surface area contributed by atoms with E-state index in [0.29, 0.717) is 18.8 Å². The summed E-state index contributed by atoms with van der Waals surface area (Å²) in [5.74, 6) is -0.428. The number of nitrogens with one attached hydrogen (secondary N) is 1. The molecule has 0 spiro atoms. The highest BCUT2D eigenvalue weighted by Gasteiger charge is 2.27. The highest BCUT2D eigenvalue weighted by atomic mass is 32.2. The molecule has 30 heavy (non-hydrogen) atoms. The average Bonchev–Trinajstić information content (AvgIpc) is 2.74. The van der Waals surface area contributed by atoms with Crippen LogP contribution in [-0.2, 0) is 14.8 Å². The van der Waals surface area contributed by atoms with Crippen LogP contribution in [0.1, 0.15) is 28.9 Å². The first-order valence-electron chi connectivity index (χ1n) is 9.31. The molecule has 1 amide bonds. The number of sulfonamides is 1. The van der Waals surface area contributed by atoms with Gasteiger partial charge in [0, 0.05) is 18.7 Å². The van der Waals surface area contributed by atoms with Crippen molar-refractivity contribution >= 4 is 15.9 Å². The van der Waals surface area contributed by atoms with E-state index in [1.165, 1.54) is 40.7 Å². The van der Waals surface area contributed by atoms with Gasteiger partial charge in [-0.05, 0) is 42.8 Å². The molecule has 7 nitrogen and oxygen atoms in total. The van der Waals surface area contributed by atoms with Gasteiger partial charge in [0.05, 0.1) is 24.2 Å². The van der Waals surface area contributed by atoms with E-state index < -0.39 is 28.6 Å². The summed E-state index contributed by atoms with van der Waals surface area (Å²) in [6.45, 7) is 0.0157. The standard InChI is InChI=1S/C20H22F2N2O5S/c1-14(15-5-7-17(8-6-15)29-20(21)22)23-19(25)16-3-2-4-18(13-16)30(26,27)24-9-11-28-12-10-24/h2-8,13-14,20H,9-12H2,1H3,(H,23,25)/t14-/m0/s1. The summed E-state index contributed by atoms with van der Waals surface area (Å²) in [4.78, 5) is 12.7. The van der Waals surface area contributed by atoms with Crippen molar-refractivity contribution in [1.29, 1.82) is 0 Å². The molecule has 1 aliphatic heterocycles. The van der Waals surface area contributed by atoms with Crippen molar-refractivity contribution in [2.24, 2.45) is 0 Å². The maximum Gasteiger partial charge on any atom is 0.387 e. The molecule has 1 N–H and O–H groups in total. The van der Waals surface area contributed by atoms with Crippen molar-refractivity contribution in [2.75, 3.05) is 26.3 Å². The van der Waals surface area contributed by atoms with Gasteiger partial charge >= 0.3 is 6.61 Å². The van der Waals surface area contributed by atoms with Gasteiger partial charge in [0.15, 0.2) is 0 Å². The van der Waals surface area contributed by atoms with Crippen LogP contribution in [0.4, 0.5) is 8.78 Å². The number of hydrogen-bond acceptors (Lipinski definition) is 5. The molecule has 1 fully saturated rings. The molecule has 10 heteroatoms. The maximum atomic E-state index is 12.8. The summed E-state index contributed by atoms with van der Waals surface area (Å²) >= 11 is 0. The zero-order valence-electron chi connectivity index (χ0n) is 16.3. The van der Waals surface area contributed by atoms with E-state index in [9.17, 15) is 22.0 Å². The van der Waals surface area contributed by atoms with Crippen LogP contribution in [0, 0.1) is 0 Å². The summed E-state index contributed by atoms with van der Waals surface area (Å²) in [7, 11) is -3.72. The third-order valence-electron chi connectivity index (χ3n) is 4.66. The van der Waals surface area contributed by atoms with Crippen LogP contribution < -0.4 is 10.1 Å². The Balaban J connectivity index is 1.70. The van der Waals surface area contributed by atoms with Gasteiger partial charge in [-0.2, -0.15) is 13.1 Å². The molecular weight excluding hydrogens is 418 g/mol. The Kier molecular flexibility index (Phi) is 7.01. The first-order valence-corrected chi connectivity index (χ1v) is 10.7. The summed E-state index contributed by atoms with van der Waals surface area (Å²) in [5, 5.41) is 2.77. The first kappa shape index (κ1) is 22.1. The Hall–Kier alpha value is -2.56. The molecule has 1 saturated heterocycles. The lowest BCUT2D eigenvalue weighted by Gasteiger charge is -2.26. The lowest BCUT2D eigenvalue weighted by molar-refractivity contribution is -0.0498. The van der Waals surface area contributed by atoms with E-state index in [4.69, 9.17) is 4.74 Å². The molecule has 2 aromatic rings. The lowest BCUT2D eigenvalue weighted by atomic mass is 10.1. The number of benzene rings is 2. The van der Waals surface area contributed by atoms with E-state index >= 15 is 0 Å². The van der Waals surface area contributed by atoms with E-state index in [0.717, 1.165) is 0 Å². The SMILES string of the molecule is C[C@H](NC(=O)c1cccc(S(=O)(=O)N2CCOCC2)c1)c1ccc(OC(F)F)cc1. The van der Waals surface area contributed by atoms with Crippen LogP contribution in [0.3, 0.4) is 0 Å². The number of carbonyl (C=O) groups is 1. The normalized spacial score (nSPS) is 16.3. The van der Waals surface area contributed by atoms with E-state index in [-0.39, 0.29) is 29.3 Å². The van der Waals surface area contributed by atoms with Crippen LogP contribution in [0.15, 0.2) is 53.4 Å². The van der Waals surface area contributed by atoms with Gasteiger partial charge in [-0.1, -0.05) is 18.2 Å². The van der Waals surface area contributed by atoms with Gasteiger partial charge < -0.3 is 14.8 Å². The predicted octanol–water partition coefficient (Wildman–Crippen LogP) is 2.80. The van der Waals surface area contributed by atoms with E-state index in [1.54, 1.807) is 19.1 Å². The molecule has 0 unspecified atom stereocenters. The average molecular weight is 440 g/mol. The van der Waals surface area contributed by atoms with Crippen molar-refractivity contribution in [1.82, 2.24) is 9.62 Å². The van der Waals surface area contributed by atoms with Crippen LogP contribution in [-0.4, -0.2) is 51.5 Å². The van der Waals surface area contributed by atoms with Crippen molar-refractivity contribution in [2.45, 2.75) is 24.5 Å². The monoisotopic (exact) mass is 440 g/mol. The minimum absolute atomic E-state index is 0.0216. The van der Waals surface area contributed by atoms with Gasteiger partial charge in [0.25, 0.3) is 5.91 Å². The Morgan fingerprint density at radius 3 is 2.43 bits per heavy atom. The summed E-state index contributed by atoms with van der Waals surface area (Å²) < 4.78 is 60.9. The van der Waals surface area contributed by atoms with Crippen LogP contribution in [0.2, 0.25) is 0 Å². The van der Waals surface area contributed by atoms with Gasteiger partial charge in [-0.25, -0.2) is 8.42 Å². The Bertz CT molecular complexity index is 977. The zero-order valence-corrected chi connectivity index (χ0v) is 17.1. The number of ether oxygens (including phenoxy) is 2. The molecule has 0 aromatic heterocycles. The minimum Gasteiger partial charge on any atom is -0.435 e. The van der Waals surface area contributed by atoms with Crippen molar-refractivity contribution in [3.63, 3.8) is 0 Å². The second-order valence-corrected chi connectivity index (χ2v) is 8.62. The van der Waals surface area contributed by atoms with Crippen LogP contribution >= 0.6 is 0 Å². The minimum atomic E-state index is -3.72. The predicted molar refractivity (Wildman–Crippen MR) is 105 cm³/mol. The van der Waals surface area contributed by atoms with Gasteiger partial charge in [-0.3, -0.25) is 4.79 Å². The molecule has 162 valence electrons. The molecule has 0 radical (unpaired) electrons. The number of alkyl halides is 2. The largest absolute Gasteiger partial charge is 0.435 e. The molecule has 1 heterocycles. The molecule has 0 saturated carbocycles. The summed E-state index contributed by atoms with van der Waals surface area (Å²) in [6, 6.07) is 11.3. The maximum absolute atomic E-state index is 12.8. The second kappa shape index (κ2) is 9.50. The topological polar surface area (TPSA) is 84.9 Å². The molecule has 0 aliphatic carbocycles. The lowest BCUT2D eigenvalue weighted by Crippen LogP contribution is -2.40. The fourth-order valence-electron chi connectivity index (χ4n) is 3.04. The summed E-state index contributed by atoms with van der Waals surface area (Å²) in [5.41, 5.74) is 0.885. The fraction of sp³-hybridized carbons (Fsp3) is 0.350. The number of carbonyl (C=O) groups excluding carboxylic acids is 1. The molecule has 2 aromatic carbocycles. The fourth-order valence-corrected chi connectivity index (χ4v) is 4.49. The quantitative estimate of drug-likeness (QED) is 0.716. The molecule has 1 aliphatic rings. The Morgan fingerprint density at radius 1 is 1.13 bits per heavy atom. The molecule has 0 bridgehead atoms. The van der Waals surface area contributed by atoms with E-state index in [2.05, 4.69) is 10.1 Å². The van der Waals surface area contributed by atoms with Crippen LogP contribution in [0.25, 0.3) is 0 Å². The van der Waals surface area contributed by atoms with Crippen molar-refractivity contribution in [3.05, 3.63) is 59.7 Å². The van der Waals surface area contributed by atoms with Crippen LogP contribution in [0.5, 0.6) is 5.75 Å². The highest BCUT2D eigenvalue weighted by molar-refractivity contribution is 7.89. The Morgan fingerprint density at radius 2 is 1.80 bits per heavy atom. The Labute approximate surface area is 173 Å². The zero-order chi connectivity index (χ0) is 21.7. The van der Waals surface area contributed by atoms with E-state index in [1.807, 2.05) is 0 Å². The number of rotatable bonds is 7. The number of amides is 1. The van der Waals surface area contributed by atoms with Crippen molar-refractivity contribution in [3.8, 4) is 5.75 Å². The van der Waals surface area contributed by atoms with Gasteiger partial charge in [-0.15, -0.1) is 0 Å². The first-order chi connectivity index (χ1) is 14.3. The third-order valence-corrected chi connectivity index (χ3v) is 6.55.